The maximum atomic E-state index is 16.3. The summed E-state index contributed by atoms with van der Waals surface area (Å²) in [6.07, 6.45) is 3.95. The molecule has 0 aromatic heterocycles. The van der Waals surface area contributed by atoms with E-state index in [0.29, 0.717) is 46.3 Å². The van der Waals surface area contributed by atoms with Crippen LogP contribution >= 0.6 is 23.2 Å². The number of benzene rings is 3. The van der Waals surface area contributed by atoms with Gasteiger partial charge >= 0.3 is 5.97 Å². The highest BCUT2D eigenvalue weighted by molar-refractivity contribution is 6.31. The summed E-state index contributed by atoms with van der Waals surface area (Å²) in [4.78, 5) is 41.7. The summed E-state index contributed by atoms with van der Waals surface area (Å²) in [6.45, 7) is 0.645. The Kier molecular flexibility index (Phi) is 6.27. The number of anilines is 1. The van der Waals surface area contributed by atoms with E-state index in [1.807, 2.05) is 6.07 Å². The van der Waals surface area contributed by atoms with Gasteiger partial charge in [0, 0.05) is 47.1 Å². The van der Waals surface area contributed by atoms with Crippen molar-refractivity contribution in [2.45, 2.75) is 49.6 Å². The van der Waals surface area contributed by atoms with Crippen LogP contribution in [0.2, 0.25) is 10.0 Å². The van der Waals surface area contributed by atoms with Crippen LogP contribution in [0.1, 0.15) is 59.5 Å². The molecular formula is C32H27Cl2FN2O4. The normalized spacial score (nSPS) is 27.1. The van der Waals surface area contributed by atoms with Gasteiger partial charge in [0.2, 0.25) is 5.91 Å². The molecular weight excluding hydrogens is 566 g/mol. The Hall–Kier alpha value is -3.26. The van der Waals surface area contributed by atoms with Gasteiger partial charge in [-0.3, -0.25) is 14.5 Å². The lowest BCUT2D eigenvalue weighted by Gasteiger charge is -2.40. The number of halogens is 3. The molecule has 7 rings (SSSR count). The molecule has 2 N–H and O–H groups in total. The van der Waals surface area contributed by atoms with Crippen molar-refractivity contribution >= 4 is 46.5 Å². The Morgan fingerprint density at radius 1 is 1.02 bits per heavy atom. The highest BCUT2D eigenvalue weighted by atomic mass is 35.5. The summed E-state index contributed by atoms with van der Waals surface area (Å²) >= 11 is 12.9. The van der Waals surface area contributed by atoms with Gasteiger partial charge < -0.3 is 10.4 Å². The predicted molar refractivity (Wildman–Crippen MR) is 154 cm³/mol. The summed E-state index contributed by atoms with van der Waals surface area (Å²) in [7, 11) is 0. The van der Waals surface area contributed by atoms with Gasteiger partial charge in [-0.2, -0.15) is 0 Å². The summed E-state index contributed by atoms with van der Waals surface area (Å²) in [6, 6.07) is 14.5. The first-order chi connectivity index (χ1) is 19.7. The number of aromatic carboxylic acids is 1. The minimum atomic E-state index is -1.31. The van der Waals surface area contributed by atoms with Gasteiger partial charge in [-0.1, -0.05) is 41.4 Å². The van der Waals surface area contributed by atoms with E-state index in [-0.39, 0.29) is 33.9 Å². The smallest absolute Gasteiger partial charge is 0.335 e. The second kappa shape index (κ2) is 9.65. The van der Waals surface area contributed by atoms with E-state index in [0.717, 1.165) is 25.7 Å². The molecule has 2 heterocycles. The van der Waals surface area contributed by atoms with E-state index in [1.54, 1.807) is 30.3 Å². The Labute approximate surface area is 246 Å². The second-order valence-corrected chi connectivity index (χ2v) is 12.5. The van der Waals surface area contributed by atoms with Crippen molar-refractivity contribution in [2.24, 2.45) is 11.8 Å². The first kappa shape index (κ1) is 26.6. The molecule has 2 aliphatic heterocycles. The van der Waals surface area contributed by atoms with Crippen molar-refractivity contribution in [1.82, 2.24) is 4.90 Å². The van der Waals surface area contributed by atoms with Crippen molar-refractivity contribution in [2.75, 3.05) is 11.9 Å². The number of carboxylic acids is 1. The molecule has 3 aromatic carbocycles. The molecule has 3 aromatic rings. The van der Waals surface area contributed by atoms with Gasteiger partial charge in [-0.15, -0.1) is 0 Å². The van der Waals surface area contributed by atoms with Crippen LogP contribution in [0.4, 0.5) is 10.1 Å². The van der Waals surface area contributed by atoms with Crippen LogP contribution in [-0.4, -0.2) is 40.3 Å². The minimum Gasteiger partial charge on any atom is -0.478 e. The maximum Gasteiger partial charge on any atom is 0.335 e. The van der Waals surface area contributed by atoms with E-state index in [2.05, 4.69) is 10.2 Å². The highest BCUT2D eigenvalue weighted by Crippen LogP contribution is 2.62. The molecule has 0 unspecified atom stereocenters. The Bertz CT molecular complexity index is 1620. The van der Waals surface area contributed by atoms with Gasteiger partial charge in [-0.25, -0.2) is 9.18 Å². The van der Waals surface area contributed by atoms with Crippen LogP contribution in [0.3, 0.4) is 0 Å². The average molecular weight is 593 g/mol. The fraction of sp³-hybridized carbons (Fsp3) is 0.344. The Balaban J connectivity index is 1.48. The standard InChI is InChI=1S/C32H27Cl2FN2O4/c33-20-10-11-22-24(14-20)36-31(41)32(22)28(27-25(2-1-3-26(27)38)37(32)15-16-4-5-16)21-12-19(13-23(34)29(21)35)17-6-8-18(9-7-17)30(39)40/h6-14,16,25,27-28H,1-5,15H2,(H,36,41)(H,39,40)/t25-,27-,28-,32+/m0/s1. The van der Waals surface area contributed by atoms with E-state index < -0.39 is 29.2 Å². The van der Waals surface area contributed by atoms with Crippen molar-refractivity contribution in [1.29, 1.82) is 0 Å². The molecule has 1 amide bonds. The maximum absolute atomic E-state index is 16.3. The summed E-state index contributed by atoms with van der Waals surface area (Å²) in [5, 5.41) is 12.7. The molecule has 4 aliphatic rings. The number of carbonyl (C=O) groups is 3. The van der Waals surface area contributed by atoms with E-state index in [1.165, 1.54) is 18.2 Å². The number of nitrogens with one attached hydrogen (secondary N) is 1. The Morgan fingerprint density at radius 3 is 2.49 bits per heavy atom. The number of rotatable bonds is 5. The molecule has 2 aliphatic carbocycles. The number of carbonyl (C=O) groups excluding carboxylic acids is 2. The lowest BCUT2D eigenvalue weighted by atomic mass is 9.67. The van der Waals surface area contributed by atoms with Gasteiger partial charge in [0.25, 0.3) is 0 Å². The number of Topliss-reactive ketones (excluding diaryl/α,β-unsaturated/α-hetero) is 1. The summed E-state index contributed by atoms with van der Waals surface area (Å²) in [5.74, 6) is -2.95. The molecule has 41 heavy (non-hydrogen) atoms. The molecule has 9 heteroatoms. The number of fused-ring (bicyclic) bond motifs is 3. The third-order valence-electron chi connectivity index (χ3n) is 9.37. The van der Waals surface area contributed by atoms with Gasteiger partial charge in [0.1, 0.15) is 17.1 Å². The number of hydrogen-bond donors (Lipinski definition) is 2. The molecule has 210 valence electrons. The fourth-order valence-corrected chi connectivity index (χ4v) is 7.87. The van der Waals surface area contributed by atoms with E-state index in [4.69, 9.17) is 23.2 Å². The number of hydrogen-bond acceptors (Lipinski definition) is 4. The minimum absolute atomic E-state index is 0.0332. The van der Waals surface area contributed by atoms with Crippen LogP contribution in [-0.2, 0) is 15.1 Å². The van der Waals surface area contributed by atoms with Gasteiger partial charge in [0.15, 0.2) is 0 Å². The first-order valence-electron chi connectivity index (χ1n) is 13.9. The lowest BCUT2D eigenvalue weighted by molar-refractivity contribution is -0.128. The molecule has 2 saturated carbocycles. The molecule has 4 atom stereocenters. The number of amides is 1. The molecule has 6 nitrogen and oxygen atoms in total. The van der Waals surface area contributed by atoms with Crippen LogP contribution in [0.15, 0.2) is 54.6 Å². The first-order valence-corrected chi connectivity index (χ1v) is 14.7. The van der Waals surface area contributed by atoms with Crippen LogP contribution < -0.4 is 5.32 Å². The molecule has 0 bridgehead atoms. The second-order valence-electron chi connectivity index (χ2n) is 11.7. The van der Waals surface area contributed by atoms with Crippen LogP contribution in [0, 0.1) is 17.7 Å². The zero-order chi connectivity index (χ0) is 28.6. The summed E-state index contributed by atoms with van der Waals surface area (Å²) < 4.78 is 16.3. The topological polar surface area (TPSA) is 86.7 Å². The number of likely N-dealkylation sites (tertiary alicyclic amines) is 1. The molecule has 1 saturated heterocycles. The predicted octanol–water partition coefficient (Wildman–Crippen LogP) is 6.89. The monoisotopic (exact) mass is 592 g/mol. The van der Waals surface area contributed by atoms with Crippen LogP contribution in [0.5, 0.6) is 0 Å². The largest absolute Gasteiger partial charge is 0.478 e. The van der Waals surface area contributed by atoms with Crippen molar-refractivity contribution in [3.63, 3.8) is 0 Å². The summed E-state index contributed by atoms with van der Waals surface area (Å²) in [5.41, 5.74) is 1.53. The zero-order valence-electron chi connectivity index (χ0n) is 22.0. The number of nitrogens with zero attached hydrogens (tertiary/aromatic N) is 1. The lowest BCUT2D eigenvalue weighted by Crippen LogP contribution is -2.52. The zero-order valence-corrected chi connectivity index (χ0v) is 23.5. The molecule has 0 radical (unpaired) electrons. The SMILES string of the molecule is O=C(O)c1ccc(-c2cc(Cl)c(F)c([C@H]3[C@@H]4C(=O)CCC[C@@H]4N(CC4CC4)[C@@]34C(=O)Nc3cc(Cl)ccc34)c2)cc1. The number of ketones is 1. The van der Waals surface area contributed by atoms with Gasteiger partial charge in [0.05, 0.1) is 10.6 Å². The van der Waals surface area contributed by atoms with Crippen molar-refractivity contribution in [3.8, 4) is 11.1 Å². The average Bonchev–Trinajstić information content (AvgIpc) is 3.66. The van der Waals surface area contributed by atoms with E-state index >= 15 is 4.39 Å². The third kappa shape index (κ3) is 4.04. The highest BCUT2D eigenvalue weighted by Gasteiger charge is 2.69. The fourth-order valence-electron chi connectivity index (χ4n) is 7.48. The van der Waals surface area contributed by atoms with Crippen molar-refractivity contribution in [3.05, 3.63) is 87.2 Å². The van der Waals surface area contributed by atoms with Crippen LogP contribution in [0.25, 0.3) is 11.1 Å². The molecule has 1 spiro atoms. The van der Waals surface area contributed by atoms with E-state index in [9.17, 15) is 19.5 Å². The Morgan fingerprint density at radius 2 is 1.78 bits per heavy atom. The van der Waals surface area contributed by atoms with Crippen molar-refractivity contribution < 1.29 is 23.9 Å². The molecule has 3 fully saturated rings. The third-order valence-corrected chi connectivity index (χ3v) is 9.88. The quantitative estimate of drug-likeness (QED) is 0.337. The van der Waals surface area contributed by atoms with Gasteiger partial charge in [-0.05, 0) is 84.7 Å². The number of carboxylic acid groups (broad SMARTS) is 1.